The summed E-state index contributed by atoms with van der Waals surface area (Å²) in [5.41, 5.74) is 1.91. The van der Waals surface area contributed by atoms with Crippen molar-refractivity contribution in [2.75, 3.05) is 18.2 Å². The number of aromatic nitrogens is 3. The molecule has 0 saturated heterocycles. The molecule has 4 rings (SSSR count). The summed E-state index contributed by atoms with van der Waals surface area (Å²) in [6, 6.07) is 5.62. The van der Waals surface area contributed by atoms with Gasteiger partial charge in [-0.1, -0.05) is 17.8 Å². The van der Waals surface area contributed by atoms with Gasteiger partial charge in [-0.05, 0) is 50.3 Å². The predicted molar refractivity (Wildman–Crippen MR) is 102 cm³/mol. The fourth-order valence-corrected chi connectivity index (χ4v) is 3.81. The van der Waals surface area contributed by atoms with Crippen LogP contribution in [0.2, 0.25) is 0 Å². The number of ether oxygens (including phenoxy) is 1. The minimum Gasteiger partial charge on any atom is -0.465 e. The Balaban J connectivity index is 1.41. The third-order valence-electron chi connectivity index (χ3n) is 4.81. The van der Waals surface area contributed by atoms with Crippen molar-refractivity contribution in [3.8, 4) is 0 Å². The molecule has 1 aromatic carbocycles. The van der Waals surface area contributed by atoms with Gasteiger partial charge in [0.15, 0.2) is 5.16 Å². The molecule has 0 spiro atoms. The van der Waals surface area contributed by atoms with E-state index >= 15 is 0 Å². The van der Waals surface area contributed by atoms with Crippen molar-refractivity contribution in [1.82, 2.24) is 14.8 Å². The van der Waals surface area contributed by atoms with Crippen molar-refractivity contribution in [2.24, 2.45) is 0 Å². The van der Waals surface area contributed by atoms with Gasteiger partial charge in [0.05, 0.1) is 18.4 Å². The molecule has 27 heavy (non-hydrogen) atoms. The number of esters is 1. The topological polar surface area (TPSA) is 86.1 Å². The normalized spacial score (nSPS) is 16.2. The van der Waals surface area contributed by atoms with Crippen LogP contribution in [0.5, 0.6) is 0 Å². The van der Waals surface area contributed by atoms with E-state index in [0.717, 1.165) is 29.4 Å². The van der Waals surface area contributed by atoms with Gasteiger partial charge < -0.3 is 14.6 Å². The number of rotatable bonds is 7. The lowest BCUT2D eigenvalue weighted by Gasteiger charge is -2.11. The molecule has 2 saturated carbocycles. The van der Waals surface area contributed by atoms with Gasteiger partial charge in [0, 0.05) is 17.6 Å². The third kappa shape index (κ3) is 4.00. The van der Waals surface area contributed by atoms with E-state index in [2.05, 4.69) is 20.1 Å². The molecular formula is C19H22N4O3S. The quantitative estimate of drug-likeness (QED) is 0.580. The summed E-state index contributed by atoms with van der Waals surface area (Å²) in [7, 11) is 1.34. The van der Waals surface area contributed by atoms with E-state index in [4.69, 9.17) is 4.74 Å². The van der Waals surface area contributed by atoms with Crippen molar-refractivity contribution in [3.63, 3.8) is 0 Å². The van der Waals surface area contributed by atoms with E-state index in [0.29, 0.717) is 23.2 Å². The van der Waals surface area contributed by atoms with E-state index in [1.807, 2.05) is 6.92 Å². The van der Waals surface area contributed by atoms with Crippen molar-refractivity contribution in [2.45, 2.75) is 49.7 Å². The van der Waals surface area contributed by atoms with Gasteiger partial charge in [-0.2, -0.15) is 0 Å². The highest BCUT2D eigenvalue weighted by atomic mass is 32.2. The number of thioether (sulfide) groups is 1. The molecule has 8 heteroatoms. The second-order valence-corrected chi connectivity index (χ2v) is 8.02. The molecule has 1 N–H and O–H groups in total. The Labute approximate surface area is 161 Å². The van der Waals surface area contributed by atoms with Crippen molar-refractivity contribution < 1.29 is 14.3 Å². The first-order chi connectivity index (χ1) is 13.1. The maximum atomic E-state index is 12.4. The molecule has 1 heterocycles. The number of methoxy groups -OCH3 is 1. The largest absolute Gasteiger partial charge is 0.465 e. The second kappa shape index (κ2) is 7.34. The number of nitrogens with one attached hydrogen (secondary N) is 1. The average molecular weight is 386 g/mol. The molecule has 2 fully saturated rings. The highest BCUT2D eigenvalue weighted by Crippen LogP contribution is 2.45. The lowest BCUT2D eigenvalue weighted by Crippen LogP contribution is -2.16. The minimum atomic E-state index is -0.426. The maximum absolute atomic E-state index is 12.4. The fourth-order valence-electron chi connectivity index (χ4n) is 3.00. The van der Waals surface area contributed by atoms with Crippen LogP contribution in [0.1, 0.15) is 59.4 Å². The molecule has 0 aliphatic heterocycles. The lowest BCUT2D eigenvalue weighted by atomic mass is 10.1. The van der Waals surface area contributed by atoms with Crippen LogP contribution in [0, 0.1) is 6.92 Å². The van der Waals surface area contributed by atoms with Gasteiger partial charge in [0.1, 0.15) is 5.82 Å². The summed E-state index contributed by atoms with van der Waals surface area (Å²) in [6.07, 6.45) is 4.70. The zero-order valence-corrected chi connectivity index (χ0v) is 16.2. The molecule has 2 aliphatic rings. The summed E-state index contributed by atoms with van der Waals surface area (Å²) in [5, 5.41) is 12.4. The molecule has 2 aliphatic carbocycles. The van der Waals surface area contributed by atoms with Crippen LogP contribution in [0.4, 0.5) is 5.69 Å². The van der Waals surface area contributed by atoms with Crippen LogP contribution in [-0.4, -0.2) is 39.5 Å². The van der Waals surface area contributed by atoms with E-state index in [1.54, 1.807) is 18.2 Å². The smallest absolute Gasteiger partial charge is 0.337 e. The SMILES string of the molecule is COC(=O)c1ccc(C)c(NC(=O)CSc2nnc(C3CC3)n2C2CC2)c1. The zero-order valence-electron chi connectivity index (χ0n) is 15.4. The van der Waals surface area contributed by atoms with Crippen LogP contribution < -0.4 is 5.32 Å². The van der Waals surface area contributed by atoms with Gasteiger partial charge >= 0.3 is 5.97 Å². The molecule has 1 aromatic heterocycles. The van der Waals surface area contributed by atoms with E-state index in [-0.39, 0.29) is 11.7 Å². The number of hydrogen-bond acceptors (Lipinski definition) is 6. The van der Waals surface area contributed by atoms with Crippen LogP contribution >= 0.6 is 11.8 Å². The number of anilines is 1. The Hall–Kier alpha value is -2.35. The van der Waals surface area contributed by atoms with Crippen molar-refractivity contribution in [3.05, 3.63) is 35.2 Å². The number of carbonyl (C=O) groups is 2. The van der Waals surface area contributed by atoms with Gasteiger partial charge in [0.25, 0.3) is 0 Å². The van der Waals surface area contributed by atoms with Gasteiger partial charge in [-0.25, -0.2) is 4.79 Å². The van der Waals surface area contributed by atoms with Crippen molar-refractivity contribution >= 4 is 29.3 Å². The Bertz CT molecular complexity index is 887. The Kier molecular flexibility index (Phi) is 4.90. The lowest BCUT2D eigenvalue weighted by molar-refractivity contribution is -0.113. The zero-order chi connectivity index (χ0) is 19.0. The number of amides is 1. The van der Waals surface area contributed by atoms with Gasteiger partial charge in [-0.15, -0.1) is 10.2 Å². The Morgan fingerprint density at radius 3 is 2.70 bits per heavy atom. The molecule has 0 radical (unpaired) electrons. The molecule has 0 unspecified atom stereocenters. The fraction of sp³-hybridized carbons (Fsp3) is 0.474. The first-order valence-electron chi connectivity index (χ1n) is 9.13. The summed E-state index contributed by atoms with van der Waals surface area (Å²) in [4.78, 5) is 24.1. The van der Waals surface area contributed by atoms with E-state index < -0.39 is 5.97 Å². The standard InChI is InChI=1S/C19H22N4O3S/c1-11-3-4-13(18(25)26-2)9-15(11)20-16(24)10-27-19-22-21-17(12-5-6-12)23(19)14-7-8-14/h3-4,9,12,14H,5-8,10H2,1-2H3,(H,20,24). The van der Waals surface area contributed by atoms with Crippen molar-refractivity contribution in [1.29, 1.82) is 0 Å². The summed E-state index contributed by atoms with van der Waals surface area (Å²) >= 11 is 1.42. The highest BCUT2D eigenvalue weighted by molar-refractivity contribution is 7.99. The molecule has 7 nitrogen and oxygen atoms in total. The van der Waals surface area contributed by atoms with Gasteiger partial charge in [-0.3, -0.25) is 4.79 Å². The van der Waals surface area contributed by atoms with Crippen LogP contribution in [-0.2, 0) is 9.53 Å². The monoisotopic (exact) mass is 386 g/mol. The molecule has 142 valence electrons. The van der Waals surface area contributed by atoms with E-state index in [1.165, 1.54) is 31.7 Å². The van der Waals surface area contributed by atoms with Crippen LogP contribution in [0.3, 0.4) is 0 Å². The maximum Gasteiger partial charge on any atom is 0.337 e. The molecule has 1 amide bonds. The number of hydrogen-bond donors (Lipinski definition) is 1. The number of aryl methyl sites for hydroxylation is 1. The molecular weight excluding hydrogens is 364 g/mol. The first-order valence-corrected chi connectivity index (χ1v) is 10.1. The number of benzene rings is 1. The third-order valence-corrected chi connectivity index (χ3v) is 5.75. The summed E-state index contributed by atoms with van der Waals surface area (Å²) in [6.45, 7) is 1.88. The predicted octanol–water partition coefficient (Wildman–Crippen LogP) is 3.32. The molecule has 0 atom stereocenters. The molecule has 0 bridgehead atoms. The first kappa shape index (κ1) is 18.0. The number of nitrogens with zero attached hydrogens (tertiary/aromatic N) is 3. The summed E-state index contributed by atoms with van der Waals surface area (Å²) in [5.74, 6) is 1.32. The number of carbonyl (C=O) groups excluding carboxylic acids is 2. The van der Waals surface area contributed by atoms with E-state index in [9.17, 15) is 9.59 Å². The Morgan fingerprint density at radius 2 is 2.04 bits per heavy atom. The minimum absolute atomic E-state index is 0.136. The second-order valence-electron chi connectivity index (χ2n) is 7.07. The molecule has 2 aromatic rings. The van der Waals surface area contributed by atoms with Crippen LogP contribution in [0.15, 0.2) is 23.4 Å². The highest BCUT2D eigenvalue weighted by Gasteiger charge is 2.36. The Morgan fingerprint density at radius 1 is 1.26 bits per heavy atom. The summed E-state index contributed by atoms with van der Waals surface area (Å²) < 4.78 is 6.97. The average Bonchev–Trinajstić information content (AvgIpc) is 3.60. The van der Waals surface area contributed by atoms with Crippen LogP contribution in [0.25, 0.3) is 0 Å². The van der Waals surface area contributed by atoms with Gasteiger partial charge in [0.2, 0.25) is 5.91 Å².